The van der Waals surface area contributed by atoms with E-state index < -0.39 is 11.9 Å². The van der Waals surface area contributed by atoms with Gasteiger partial charge in [0, 0.05) is 13.1 Å². The summed E-state index contributed by atoms with van der Waals surface area (Å²) in [7, 11) is 0. The SMILES string of the molecule is CCCCn1c(=O)c2ccccc2n2c(SCC(=O)NC(=O)NCC(C)C)nnc12. The van der Waals surface area contributed by atoms with E-state index in [-0.39, 0.29) is 11.3 Å². The molecule has 3 aromatic rings. The van der Waals surface area contributed by atoms with Crippen LogP contribution in [0.4, 0.5) is 4.79 Å². The van der Waals surface area contributed by atoms with Crippen molar-refractivity contribution < 1.29 is 9.59 Å². The van der Waals surface area contributed by atoms with Gasteiger partial charge < -0.3 is 5.32 Å². The predicted molar refractivity (Wildman–Crippen MR) is 117 cm³/mol. The molecule has 0 atom stereocenters. The Morgan fingerprint density at radius 1 is 1.20 bits per heavy atom. The van der Waals surface area contributed by atoms with Gasteiger partial charge in [0.05, 0.1) is 16.7 Å². The van der Waals surface area contributed by atoms with Crippen LogP contribution in [0, 0.1) is 5.92 Å². The zero-order valence-electron chi connectivity index (χ0n) is 17.3. The summed E-state index contributed by atoms with van der Waals surface area (Å²) in [6, 6.07) is 6.76. The second-order valence-electron chi connectivity index (χ2n) is 7.39. The fourth-order valence-electron chi connectivity index (χ4n) is 2.98. The molecule has 0 saturated carbocycles. The lowest BCUT2D eigenvalue weighted by molar-refractivity contribution is -0.117. The molecule has 2 heterocycles. The van der Waals surface area contributed by atoms with Crippen LogP contribution in [0.25, 0.3) is 16.7 Å². The van der Waals surface area contributed by atoms with Crippen LogP contribution in [-0.4, -0.2) is 43.4 Å². The van der Waals surface area contributed by atoms with Crippen molar-refractivity contribution in [3.05, 3.63) is 34.6 Å². The monoisotopic (exact) mass is 430 g/mol. The van der Waals surface area contributed by atoms with E-state index in [0.717, 1.165) is 12.8 Å². The first kappa shape index (κ1) is 21.8. The minimum atomic E-state index is -0.515. The largest absolute Gasteiger partial charge is 0.338 e. The summed E-state index contributed by atoms with van der Waals surface area (Å²) in [6.07, 6.45) is 1.79. The molecule has 3 amide bonds. The number of amides is 3. The Balaban J connectivity index is 1.85. The number of unbranched alkanes of at least 4 members (excludes halogenated alkanes) is 1. The van der Waals surface area contributed by atoms with Crippen LogP contribution < -0.4 is 16.2 Å². The van der Waals surface area contributed by atoms with E-state index in [0.29, 0.717) is 40.8 Å². The van der Waals surface area contributed by atoms with Crippen molar-refractivity contribution >= 4 is 40.4 Å². The third kappa shape index (κ3) is 4.81. The molecule has 2 N–H and O–H groups in total. The summed E-state index contributed by atoms with van der Waals surface area (Å²) in [5.74, 6) is 0.311. The number of imide groups is 1. The number of carbonyl (C=O) groups is 2. The standard InChI is InChI=1S/C20H26N6O3S/c1-4-5-10-25-17(28)14-8-6-7-9-15(14)26-19(25)23-24-20(26)30-12-16(27)22-18(29)21-11-13(2)3/h6-9,13H,4-5,10-12H2,1-3H3,(H2,21,22,27,29). The van der Waals surface area contributed by atoms with E-state index in [1.165, 1.54) is 11.8 Å². The Morgan fingerprint density at radius 3 is 2.70 bits per heavy atom. The molecule has 0 fully saturated rings. The topological polar surface area (TPSA) is 110 Å². The Labute approximate surface area is 178 Å². The lowest BCUT2D eigenvalue weighted by Gasteiger charge is -2.11. The Kier molecular flexibility index (Phi) is 7.09. The van der Waals surface area contributed by atoms with Gasteiger partial charge in [-0.15, -0.1) is 10.2 Å². The van der Waals surface area contributed by atoms with Gasteiger partial charge in [-0.25, -0.2) is 4.79 Å². The van der Waals surface area contributed by atoms with E-state index in [2.05, 4.69) is 27.8 Å². The van der Waals surface area contributed by atoms with E-state index in [1.807, 2.05) is 32.0 Å². The van der Waals surface area contributed by atoms with Gasteiger partial charge >= 0.3 is 6.03 Å². The zero-order chi connectivity index (χ0) is 21.7. The number of urea groups is 1. The van der Waals surface area contributed by atoms with Crippen molar-refractivity contribution in [3.8, 4) is 0 Å². The van der Waals surface area contributed by atoms with Gasteiger partial charge in [-0.05, 0) is 24.5 Å². The summed E-state index contributed by atoms with van der Waals surface area (Å²) in [6.45, 7) is 7.03. The maximum atomic E-state index is 12.9. The predicted octanol–water partition coefficient (Wildman–Crippen LogP) is 2.42. The number of fused-ring (bicyclic) bond motifs is 3. The molecule has 0 radical (unpaired) electrons. The number of nitrogens with one attached hydrogen (secondary N) is 2. The molecule has 0 bridgehead atoms. The molecule has 3 rings (SSSR count). The van der Waals surface area contributed by atoms with Crippen LogP contribution in [0.15, 0.2) is 34.2 Å². The maximum absolute atomic E-state index is 12.9. The zero-order valence-corrected chi connectivity index (χ0v) is 18.2. The lowest BCUT2D eigenvalue weighted by atomic mass is 10.2. The molecule has 0 aliphatic carbocycles. The average molecular weight is 431 g/mol. The van der Waals surface area contributed by atoms with Gasteiger partial charge in [-0.1, -0.05) is 51.1 Å². The lowest BCUT2D eigenvalue weighted by Crippen LogP contribution is -2.41. The highest BCUT2D eigenvalue weighted by Crippen LogP contribution is 2.21. The molecule has 1 aromatic carbocycles. The molecule has 0 aliphatic heterocycles. The van der Waals surface area contributed by atoms with Crippen molar-refractivity contribution in [1.29, 1.82) is 0 Å². The minimum absolute atomic E-state index is 0.00168. The molecule has 160 valence electrons. The number of thioether (sulfide) groups is 1. The normalized spacial score (nSPS) is 11.3. The summed E-state index contributed by atoms with van der Waals surface area (Å²) in [5.41, 5.74) is 0.586. The van der Waals surface area contributed by atoms with Crippen molar-refractivity contribution in [1.82, 2.24) is 29.8 Å². The molecule has 0 spiro atoms. The molecule has 9 nitrogen and oxygen atoms in total. The molecule has 0 saturated heterocycles. The molecule has 2 aromatic heterocycles. The Morgan fingerprint density at radius 2 is 1.97 bits per heavy atom. The van der Waals surface area contributed by atoms with Gasteiger partial charge in [0.2, 0.25) is 11.7 Å². The molecular formula is C20H26N6O3S. The fourth-order valence-corrected chi connectivity index (χ4v) is 3.72. The van der Waals surface area contributed by atoms with Crippen molar-refractivity contribution in [2.75, 3.05) is 12.3 Å². The quantitative estimate of drug-likeness (QED) is 0.531. The average Bonchev–Trinajstić information content (AvgIpc) is 3.15. The highest BCUT2D eigenvalue weighted by atomic mass is 32.2. The van der Waals surface area contributed by atoms with E-state index in [1.54, 1.807) is 15.0 Å². The number of benzene rings is 1. The van der Waals surface area contributed by atoms with Gasteiger partial charge in [0.15, 0.2) is 5.16 Å². The maximum Gasteiger partial charge on any atom is 0.321 e. The van der Waals surface area contributed by atoms with Crippen LogP contribution in [0.1, 0.15) is 33.6 Å². The minimum Gasteiger partial charge on any atom is -0.338 e. The van der Waals surface area contributed by atoms with E-state index >= 15 is 0 Å². The van der Waals surface area contributed by atoms with Crippen molar-refractivity contribution in [2.24, 2.45) is 5.92 Å². The Bertz CT molecular complexity index is 1120. The third-order valence-electron chi connectivity index (χ3n) is 4.47. The first-order chi connectivity index (χ1) is 14.4. The number of aromatic nitrogens is 4. The number of para-hydroxylation sites is 1. The number of rotatable bonds is 8. The number of hydrogen-bond acceptors (Lipinski definition) is 6. The van der Waals surface area contributed by atoms with Gasteiger partial charge in [-0.3, -0.25) is 23.9 Å². The molecule has 10 heteroatoms. The highest BCUT2D eigenvalue weighted by molar-refractivity contribution is 7.99. The van der Waals surface area contributed by atoms with Gasteiger partial charge in [-0.2, -0.15) is 0 Å². The van der Waals surface area contributed by atoms with Crippen LogP contribution in [0.3, 0.4) is 0 Å². The van der Waals surface area contributed by atoms with Crippen LogP contribution in [0.5, 0.6) is 0 Å². The molecule has 30 heavy (non-hydrogen) atoms. The molecule has 0 unspecified atom stereocenters. The summed E-state index contributed by atoms with van der Waals surface area (Å²) < 4.78 is 3.42. The van der Waals surface area contributed by atoms with E-state index in [9.17, 15) is 14.4 Å². The van der Waals surface area contributed by atoms with Crippen molar-refractivity contribution in [2.45, 2.75) is 45.3 Å². The summed E-state index contributed by atoms with van der Waals surface area (Å²) in [4.78, 5) is 36.8. The molecule has 0 aliphatic rings. The highest BCUT2D eigenvalue weighted by Gasteiger charge is 2.18. The van der Waals surface area contributed by atoms with E-state index in [4.69, 9.17) is 0 Å². The fraction of sp³-hybridized carbons (Fsp3) is 0.450. The first-order valence-corrected chi connectivity index (χ1v) is 11.0. The first-order valence-electron chi connectivity index (χ1n) is 9.99. The van der Waals surface area contributed by atoms with Gasteiger partial charge in [0.25, 0.3) is 5.56 Å². The second kappa shape index (κ2) is 9.75. The number of carbonyl (C=O) groups excluding carboxylic acids is 2. The van der Waals surface area contributed by atoms with Crippen molar-refractivity contribution in [3.63, 3.8) is 0 Å². The van der Waals surface area contributed by atoms with Crippen LogP contribution in [-0.2, 0) is 11.3 Å². The number of hydrogen-bond donors (Lipinski definition) is 2. The summed E-state index contributed by atoms with van der Waals surface area (Å²) >= 11 is 1.17. The summed E-state index contributed by atoms with van der Waals surface area (Å²) in [5, 5.41) is 14.4. The van der Waals surface area contributed by atoms with Crippen LogP contribution in [0.2, 0.25) is 0 Å². The van der Waals surface area contributed by atoms with Gasteiger partial charge in [0.1, 0.15) is 0 Å². The number of aryl methyl sites for hydroxylation is 1. The van der Waals surface area contributed by atoms with Crippen LogP contribution >= 0.6 is 11.8 Å². The second-order valence-corrected chi connectivity index (χ2v) is 8.33. The smallest absolute Gasteiger partial charge is 0.321 e. The Hall–Kier alpha value is -2.88. The molecular weight excluding hydrogens is 404 g/mol. The third-order valence-corrected chi connectivity index (χ3v) is 5.40. The number of nitrogens with zero attached hydrogens (tertiary/aromatic N) is 4.